The Morgan fingerprint density at radius 3 is 2.72 bits per heavy atom. The normalized spacial score (nSPS) is 35.7. The highest BCUT2D eigenvalue weighted by molar-refractivity contribution is 6.09. The maximum atomic E-state index is 4.70. The Kier molecular flexibility index (Phi) is 6.67. The van der Waals surface area contributed by atoms with E-state index in [1.807, 2.05) is 7.05 Å². The molecule has 2 aromatic rings. The van der Waals surface area contributed by atoms with E-state index < -0.39 is 0 Å². The Bertz CT molecular complexity index is 1980. The zero-order valence-electron chi connectivity index (χ0n) is 27.6. The fourth-order valence-electron chi connectivity index (χ4n) is 10.8. The molecule has 46 heavy (non-hydrogen) atoms. The maximum absolute atomic E-state index is 4.70. The number of nitrogens with zero attached hydrogens (tertiary/aromatic N) is 1. The van der Waals surface area contributed by atoms with Crippen molar-refractivity contribution in [3.05, 3.63) is 140 Å². The van der Waals surface area contributed by atoms with E-state index in [2.05, 4.69) is 116 Å². The van der Waals surface area contributed by atoms with Crippen LogP contribution in [0.1, 0.15) is 70.3 Å². The monoisotopic (exact) mass is 602 g/mol. The quantitative estimate of drug-likeness (QED) is 0.364. The van der Waals surface area contributed by atoms with Gasteiger partial charge < -0.3 is 4.98 Å². The molecular weight excluding hydrogens is 556 g/mol. The van der Waals surface area contributed by atoms with E-state index in [1.54, 1.807) is 33.4 Å². The largest absolute Gasteiger partial charge is 0.367 e. The third-order valence-electron chi connectivity index (χ3n) is 13.1. The maximum Gasteiger partial charge on any atom is 0.0596 e. The van der Waals surface area contributed by atoms with Crippen LogP contribution >= 0.6 is 0 Å². The van der Waals surface area contributed by atoms with Crippen LogP contribution in [-0.4, -0.2) is 17.7 Å². The molecule has 7 aliphatic rings. The van der Waals surface area contributed by atoms with Crippen LogP contribution in [0.4, 0.5) is 0 Å². The molecule has 1 N–H and O–H groups in total. The molecule has 2 fully saturated rings. The number of nitrogens with one attached hydrogen (secondary N) is 1. The first-order chi connectivity index (χ1) is 22.6. The molecule has 2 nitrogen and oxygen atoms in total. The summed E-state index contributed by atoms with van der Waals surface area (Å²) < 4.78 is 0. The number of aromatic amines is 1. The number of rotatable bonds is 3. The molecule has 1 aromatic heterocycles. The van der Waals surface area contributed by atoms with Crippen molar-refractivity contribution in [3.8, 4) is 0 Å². The summed E-state index contributed by atoms with van der Waals surface area (Å²) in [5.41, 5.74) is 14.1. The number of hydrogen-bond acceptors (Lipinski definition) is 1. The lowest BCUT2D eigenvalue weighted by Gasteiger charge is -2.45. The molecule has 0 radical (unpaired) electrons. The van der Waals surface area contributed by atoms with E-state index in [-0.39, 0.29) is 5.41 Å². The van der Waals surface area contributed by atoms with Crippen molar-refractivity contribution in [1.82, 2.24) is 4.98 Å². The van der Waals surface area contributed by atoms with E-state index in [1.165, 1.54) is 47.3 Å². The van der Waals surface area contributed by atoms with E-state index in [0.29, 0.717) is 35.5 Å². The Balaban J connectivity index is 1.35. The zero-order chi connectivity index (χ0) is 31.0. The summed E-state index contributed by atoms with van der Waals surface area (Å²) in [5, 5.41) is 2.78. The Morgan fingerprint density at radius 1 is 1.02 bits per heavy atom. The Morgan fingerprint density at radius 2 is 1.89 bits per heavy atom. The number of hydrogen-bond donors (Lipinski definition) is 1. The topological polar surface area (TPSA) is 28.1 Å². The predicted octanol–water partition coefficient (Wildman–Crippen LogP) is 8.85. The minimum atomic E-state index is 0.206. The lowest BCUT2D eigenvalue weighted by Crippen LogP contribution is -2.40. The van der Waals surface area contributed by atoms with Crippen molar-refractivity contribution in [1.29, 1.82) is 0 Å². The van der Waals surface area contributed by atoms with Gasteiger partial charge in [-0.2, -0.15) is 0 Å². The van der Waals surface area contributed by atoms with Crippen molar-refractivity contribution in [2.24, 2.45) is 40.0 Å². The summed E-state index contributed by atoms with van der Waals surface area (Å²) >= 11 is 0. The van der Waals surface area contributed by atoms with E-state index in [9.17, 15) is 0 Å². The van der Waals surface area contributed by atoms with Crippen molar-refractivity contribution in [3.63, 3.8) is 0 Å². The first-order valence-electron chi connectivity index (χ1n) is 17.9. The van der Waals surface area contributed by atoms with Gasteiger partial charge in [-0.05, 0) is 107 Å². The molecule has 0 amide bonds. The molecular formula is C44H46N2. The van der Waals surface area contributed by atoms with Crippen molar-refractivity contribution in [2.75, 3.05) is 7.05 Å². The molecule has 2 heteroatoms. The standard InChI is InChI=1S/C44H46N2/c1-27-40-36-25-31(38-16-8-9-21-44(27,38)2)14-10-15-33(36)43-41(32-20-22-46-26-32)37-24-30-13-5-4-12-29(30)23-35(37)34(42(40)43)19-18-28-11-6-7-17-39(28)45-3/h4-5,7,10,12-15,17-18,20,22-26,35-38,41,43,46H,6,8-9,11,16,19,21H2,1-3H3/b28-18-,45-39?. The molecule has 1 heterocycles. The van der Waals surface area contributed by atoms with Gasteiger partial charge in [0.15, 0.2) is 0 Å². The second-order valence-corrected chi connectivity index (χ2v) is 15.1. The minimum absolute atomic E-state index is 0.206. The average Bonchev–Trinajstić information content (AvgIpc) is 3.64. The molecule has 7 unspecified atom stereocenters. The van der Waals surface area contributed by atoms with Crippen molar-refractivity contribution >= 4 is 17.9 Å². The number of aliphatic imine (C=N–C) groups is 1. The second-order valence-electron chi connectivity index (χ2n) is 15.1. The Hall–Kier alpha value is -3.91. The van der Waals surface area contributed by atoms with Gasteiger partial charge in [0.2, 0.25) is 0 Å². The van der Waals surface area contributed by atoms with Crippen LogP contribution in [0, 0.1) is 35.0 Å². The fourth-order valence-corrected chi connectivity index (χ4v) is 10.8. The van der Waals surface area contributed by atoms with Gasteiger partial charge in [-0.3, -0.25) is 4.99 Å². The summed E-state index contributed by atoms with van der Waals surface area (Å²) in [6, 6.07) is 11.4. The molecule has 0 spiro atoms. The lowest BCUT2D eigenvalue weighted by molar-refractivity contribution is 0.191. The SMILES string of the molecule is CN=C1C=CCC/C1=C/CC1=C2C3=C(C)C4(C)CCCCC4C4=CC3C(=CC=C4)C2C(c2cc[nH]c2)C2C=c3ccccc3=CC12. The summed E-state index contributed by atoms with van der Waals surface area (Å²) in [4.78, 5) is 8.16. The van der Waals surface area contributed by atoms with Crippen LogP contribution in [0.2, 0.25) is 0 Å². The van der Waals surface area contributed by atoms with E-state index in [0.717, 1.165) is 25.0 Å². The van der Waals surface area contributed by atoms with Gasteiger partial charge in [-0.15, -0.1) is 0 Å². The number of H-pyrrole nitrogens is 1. The molecule has 0 aliphatic heterocycles. The highest BCUT2D eigenvalue weighted by Gasteiger charge is 2.55. The lowest BCUT2D eigenvalue weighted by atomic mass is 9.58. The van der Waals surface area contributed by atoms with Gasteiger partial charge in [-0.1, -0.05) is 109 Å². The number of fused-ring (bicyclic) bond motifs is 7. The summed E-state index contributed by atoms with van der Waals surface area (Å²) in [7, 11) is 1.95. The predicted molar refractivity (Wildman–Crippen MR) is 192 cm³/mol. The van der Waals surface area contributed by atoms with E-state index in [4.69, 9.17) is 4.99 Å². The Labute approximate surface area is 274 Å². The summed E-state index contributed by atoms with van der Waals surface area (Å²) in [6.45, 7) is 5.16. The van der Waals surface area contributed by atoms with Crippen LogP contribution in [0.5, 0.6) is 0 Å². The van der Waals surface area contributed by atoms with Gasteiger partial charge in [0, 0.05) is 43.1 Å². The van der Waals surface area contributed by atoms with Crippen LogP contribution in [-0.2, 0) is 0 Å². The smallest absolute Gasteiger partial charge is 0.0596 e. The second kappa shape index (κ2) is 10.8. The van der Waals surface area contributed by atoms with Crippen LogP contribution < -0.4 is 10.4 Å². The number of benzene rings is 1. The van der Waals surface area contributed by atoms with Crippen LogP contribution in [0.25, 0.3) is 12.2 Å². The van der Waals surface area contributed by atoms with Gasteiger partial charge in [0.25, 0.3) is 0 Å². The van der Waals surface area contributed by atoms with Crippen LogP contribution in [0.15, 0.2) is 129 Å². The number of aromatic nitrogens is 1. The molecule has 2 saturated carbocycles. The van der Waals surface area contributed by atoms with Gasteiger partial charge >= 0.3 is 0 Å². The summed E-state index contributed by atoms with van der Waals surface area (Å²) in [6.07, 6.45) is 35.4. The first-order valence-corrected chi connectivity index (χ1v) is 17.9. The average molecular weight is 603 g/mol. The third-order valence-corrected chi connectivity index (χ3v) is 13.1. The van der Waals surface area contributed by atoms with Crippen LogP contribution in [0.3, 0.4) is 0 Å². The van der Waals surface area contributed by atoms with Gasteiger partial charge in [0.05, 0.1) is 5.71 Å². The first kappa shape index (κ1) is 28.3. The van der Waals surface area contributed by atoms with Crippen molar-refractivity contribution < 1.29 is 0 Å². The van der Waals surface area contributed by atoms with Crippen molar-refractivity contribution in [2.45, 2.75) is 64.7 Å². The minimum Gasteiger partial charge on any atom is -0.367 e. The molecule has 1 aromatic carbocycles. The molecule has 7 atom stereocenters. The third kappa shape index (κ3) is 4.11. The van der Waals surface area contributed by atoms with E-state index >= 15 is 0 Å². The number of allylic oxidation sites excluding steroid dienone is 14. The highest BCUT2D eigenvalue weighted by Crippen LogP contribution is 2.66. The zero-order valence-corrected chi connectivity index (χ0v) is 27.6. The molecule has 7 aliphatic carbocycles. The molecule has 0 saturated heterocycles. The van der Waals surface area contributed by atoms with Gasteiger partial charge in [-0.25, -0.2) is 0 Å². The molecule has 2 bridgehead atoms. The highest BCUT2D eigenvalue weighted by atomic mass is 14.7. The fraction of sp³-hybridized carbons (Fsp3) is 0.386. The summed E-state index contributed by atoms with van der Waals surface area (Å²) in [5.74, 6) is 2.49. The molecule has 9 rings (SSSR count). The molecule has 232 valence electrons. The van der Waals surface area contributed by atoms with Gasteiger partial charge in [0.1, 0.15) is 0 Å².